The van der Waals surface area contributed by atoms with Crippen molar-refractivity contribution < 1.29 is 19.5 Å². The van der Waals surface area contributed by atoms with Crippen LogP contribution in [0.15, 0.2) is 54.6 Å². The number of amides is 2. The fourth-order valence-electron chi connectivity index (χ4n) is 4.62. The number of carbonyl (C=O) groups excluding carboxylic acids is 2. The Morgan fingerprint density at radius 1 is 1.12 bits per heavy atom. The summed E-state index contributed by atoms with van der Waals surface area (Å²) in [5, 5.41) is 16.3. The number of nitrogens with zero attached hydrogens (tertiary/aromatic N) is 1. The van der Waals surface area contributed by atoms with Crippen LogP contribution in [-0.4, -0.2) is 41.1 Å². The van der Waals surface area contributed by atoms with Gasteiger partial charge in [0.1, 0.15) is 12.4 Å². The Kier molecular flexibility index (Phi) is 7.40. The quantitative estimate of drug-likeness (QED) is 0.317. The fourth-order valence-corrected chi connectivity index (χ4v) is 4.62. The van der Waals surface area contributed by atoms with E-state index in [0.717, 1.165) is 28.6 Å². The average Bonchev–Trinajstić information content (AvgIpc) is 2.86. The van der Waals surface area contributed by atoms with Crippen molar-refractivity contribution >= 4 is 22.7 Å². The van der Waals surface area contributed by atoms with Crippen LogP contribution in [0.1, 0.15) is 40.9 Å². The molecule has 0 bridgehead atoms. The number of rotatable bonds is 7. The molecule has 1 aliphatic carbocycles. The first-order valence-corrected chi connectivity index (χ1v) is 11.5. The van der Waals surface area contributed by atoms with E-state index in [0.29, 0.717) is 30.8 Å². The highest BCUT2D eigenvalue weighted by Gasteiger charge is 2.35. The van der Waals surface area contributed by atoms with Crippen LogP contribution < -0.4 is 20.9 Å². The molecule has 0 unspecified atom stereocenters. The van der Waals surface area contributed by atoms with Crippen molar-refractivity contribution in [1.82, 2.24) is 21.1 Å². The minimum Gasteiger partial charge on any atom is -0.489 e. The Labute approximate surface area is 198 Å². The van der Waals surface area contributed by atoms with Crippen molar-refractivity contribution in [3.05, 3.63) is 71.4 Å². The summed E-state index contributed by atoms with van der Waals surface area (Å²) in [7, 11) is 1.87. The number of aromatic nitrogens is 1. The third-order valence-electron chi connectivity index (χ3n) is 6.46. The molecule has 1 fully saturated rings. The van der Waals surface area contributed by atoms with Crippen LogP contribution in [-0.2, 0) is 11.4 Å². The third-order valence-corrected chi connectivity index (χ3v) is 6.46. The Balaban J connectivity index is 1.41. The molecule has 2 amide bonds. The highest BCUT2D eigenvalue weighted by molar-refractivity contribution is 5.95. The van der Waals surface area contributed by atoms with Gasteiger partial charge in [0.2, 0.25) is 5.91 Å². The number of hydrogen-bond donors (Lipinski definition) is 4. The Bertz CT molecular complexity index is 1170. The maximum atomic E-state index is 12.9. The number of hydrogen-bond acceptors (Lipinski definition) is 6. The first-order chi connectivity index (χ1) is 16.5. The average molecular weight is 463 g/mol. The van der Waals surface area contributed by atoms with Crippen LogP contribution >= 0.6 is 0 Å². The van der Waals surface area contributed by atoms with E-state index >= 15 is 0 Å². The number of aryl methyl sites for hydroxylation is 1. The van der Waals surface area contributed by atoms with Gasteiger partial charge in [0, 0.05) is 34.3 Å². The Morgan fingerprint density at radius 3 is 2.62 bits per heavy atom. The number of fused-ring (bicyclic) bond motifs is 1. The molecule has 4 N–H and O–H groups in total. The molecule has 0 aliphatic heterocycles. The number of benzene rings is 2. The molecular weight excluding hydrogens is 432 g/mol. The summed E-state index contributed by atoms with van der Waals surface area (Å²) < 4.78 is 5.98. The standard InChI is InChI=1S/C26H30N4O4/c1-16-13-18(21-5-3-4-6-23(21)28-16)15-34-20-10-7-17(8-11-20)25(31)29-24-14-19(27-2)9-12-22(24)26(32)30-33/h3-8,10-11,13,19,22,24,27,33H,9,12,14-15H2,1-2H3,(H,29,31)(H,30,32)/t19-,22-,24+/m0/s1. The van der Waals surface area contributed by atoms with Crippen molar-refractivity contribution in [1.29, 1.82) is 0 Å². The summed E-state index contributed by atoms with van der Waals surface area (Å²) in [4.78, 5) is 29.5. The highest BCUT2D eigenvalue weighted by atomic mass is 16.5. The zero-order valence-electron chi connectivity index (χ0n) is 19.4. The normalized spacial score (nSPS) is 20.0. The van der Waals surface area contributed by atoms with Crippen LogP contribution in [0, 0.1) is 12.8 Å². The second-order valence-electron chi connectivity index (χ2n) is 8.71. The molecule has 3 atom stereocenters. The number of ether oxygens (including phenoxy) is 1. The lowest BCUT2D eigenvalue weighted by molar-refractivity contribution is -0.135. The lowest BCUT2D eigenvalue weighted by Crippen LogP contribution is -2.52. The first-order valence-electron chi connectivity index (χ1n) is 11.5. The van der Waals surface area contributed by atoms with E-state index < -0.39 is 11.8 Å². The summed E-state index contributed by atoms with van der Waals surface area (Å²) in [5.74, 6) is -0.553. The topological polar surface area (TPSA) is 113 Å². The molecule has 1 aliphatic rings. The van der Waals surface area contributed by atoms with Crippen molar-refractivity contribution in [2.75, 3.05) is 7.05 Å². The number of para-hydroxylation sites is 1. The molecule has 34 heavy (non-hydrogen) atoms. The van der Waals surface area contributed by atoms with Crippen LogP contribution in [0.3, 0.4) is 0 Å². The van der Waals surface area contributed by atoms with Gasteiger partial charge in [-0.15, -0.1) is 0 Å². The van der Waals surface area contributed by atoms with Crippen LogP contribution in [0.5, 0.6) is 5.75 Å². The van der Waals surface area contributed by atoms with E-state index in [9.17, 15) is 9.59 Å². The third kappa shape index (κ3) is 5.35. The van der Waals surface area contributed by atoms with Crippen molar-refractivity contribution in [3.8, 4) is 5.75 Å². The van der Waals surface area contributed by atoms with Crippen LogP contribution in [0.2, 0.25) is 0 Å². The maximum absolute atomic E-state index is 12.9. The molecule has 0 spiro atoms. The van der Waals surface area contributed by atoms with Gasteiger partial charge in [0.25, 0.3) is 5.91 Å². The van der Waals surface area contributed by atoms with Crippen molar-refractivity contribution in [3.63, 3.8) is 0 Å². The minimum atomic E-state index is -0.472. The number of nitrogens with one attached hydrogen (secondary N) is 3. The van der Waals surface area contributed by atoms with Crippen molar-refractivity contribution in [2.45, 2.75) is 44.9 Å². The smallest absolute Gasteiger partial charge is 0.251 e. The van der Waals surface area contributed by atoms with Crippen LogP contribution in [0.25, 0.3) is 10.9 Å². The Morgan fingerprint density at radius 2 is 1.88 bits per heavy atom. The highest BCUT2D eigenvalue weighted by Crippen LogP contribution is 2.26. The molecule has 1 saturated carbocycles. The van der Waals surface area contributed by atoms with Gasteiger partial charge in [0.05, 0.1) is 11.4 Å². The number of pyridine rings is 1. The predicted octanol–water partition coefficient (Wildman–Crippen LogP) is 3.11. The lowest BCUT2D eigenvalue weighted by atomic mass is 9.81. The second kappa shape index (κ2) is 10.6. The Hall–Kier alpha value is -3.49. The largest absolute Gasteiger partial charge is 0.489 e. The van der Waals surface area contributed by atoms with E-state index in [-0.39, 0.29) is 18.0 Å². The van der Waals surface area contributed by atoms with Gasteiger partial charge < -0.3 is 15.4 Å². The van der Waals surface area contributed by atoms with Gasteiger partial charge in [-0.2, -0.15) is 0 Å². The molecule has 0 saturated heterocycles. The molecule has 1 heterocycles. The van der Waals surface area contributed by atoms with E-state index in [2.05, 4.69) is 15.6 Å². The minimum absolute atomic E-state index is 0.205. The van der Waals surface area contributed by atoms with Gasteiger partial charge in [-0.1, -0.05) is 18.2 Å². The molecule has 1 aromatic heterocycles. The fraction of sp³-hybridized carbons (Fsp3) is 0.346. The van der Waals surface area contributed by atoms with Gasteiger partial charge in [-0.25, -0.2) is 5.48 Å². The summed E-state index contributed by atoms with van der Waals surface area (Å²) in [5.41, 5.74) is 5.12. The lowest BCUT2D eigenvalue weighted by Gasteiger charge is -2.35. The van der Waals surface area contributed by atoms with Crippen LogP contribution in [0.4, 0.5) is 0 Å². The monoisotopic (exact) mass is 462 g/mol. The molecule has 2 aromatic carbocycles. The molecule has 8 heteroatoms. The van der Waals surface area contributed by atoms with Crippen molar-refractivity contribution in [2.24, 2.45) is 5.92 Å². The van der Waals surface area contributed by atoms with E-state index in [4.69, 9.17) is 9.94 Å². The van der Waals surface area contributed by atoms with E-state index in [1.807, 2.05) is 44.3 Å². The summed E-state index contributed by atoms with van der Waals surface area (Å²) in [6, 6.07) is 16.8. The molecule has 0 radical (unpaired) electrons. The number of carbonyl (C=O) groups is 2. The van der Waals surface area contributed by atoms with E-state index in [1.165, 1.54) is 0 Å². The first kappa shape index (κ1) is 23.7. The molecule has 8 nitrogen and oxygen atoms in total. The second-order valence-corrected chi connectivity index (χ2v) is 8.71. The zero-order chi connectivity index (χ0) is 24.1. The molecular formula is C26H30N4O4. The van der Waals surface area contributed by atoms with Gasteiger partial charge in [-0.3, -0.25) is 19.8 Å². The molecule has 3 aromatic rings. The van der Waals surface area contributed by atoms with E-state index in [1.54, 1.807) is 29.7 Å². The summed E-state index contributed by atoms with van der Waals surface area (Å²) >= 11 is 0. The zero-order valence-corrected chi connectivity index (χ0v) is 19.4. The molecule has 178 valence electrons. The van der Waals surface area contributed by atoms with Gasteiger partial charge >= 0.3 is 0 Å². The number of hydroxylamine groups is 1. The summed E-state index contributed by atoms with van der Waals surface area (Å²) in [6.07, 6.45) is 2.00. The van der Waals surface area contributed by atoms with Gasteiger partial charge in [-0.05, 0) is 69.6 Å². The van der Waals surface area contributed by atoms with Gasteiger partial charge in [0.15, 0.2) is 0 Å². The summed E-state index contributed by atoms with van der Waals surface area (Å²) in [6.45, 7) is 2.35. The maximum Gasteiger partial charge on any atom is 0.251 e. The SMILES string of the molecule is CN[C@H]1CC[C@H](C(=O)NO)[C@H](NC(=O)c2ccc(OCc3cc(C)nc4ccccc34)cc2)C1. The predicted molar refractivity (Wildman–Crippen MR) is 129 cm³/mol. The molecule has 4 rings (SSSR count).